The third-order valence-electron chi connectivity index (χ3n) is 3.94. The predicted molar refractivity (Wildman–Crippen MR) is 83.1 cm³/mol. The van der Waals surface area contributed by atoms with Crippen LogP contribution in [0.25, 0.3) is 0 Å². The molecule has 2 unspecified atom stereocenters. The zero-order valence-corrected chi connectivity index (χ0v) is 12.7. The Balaban J connectivity index is 1.95. The normalized spacial score (nSPS) is 20.9. The van der Waals surface area contributed by atoms with E-state index in [0.717, 1.165) is 44.8 Å². The van der Waals surface area contributed by atoms with E-state index in [1.807, 2.05) is 6.20 Å². The Morgan fingerprint density at radius 1 is 1.45 bits per heavy atom. The molecule has 0 spiro atoms. The Morgan fingerprint density at radius 3 is 2.95 bits per heavy atom. The number of pyridine rings is 1. The highest BCUT2D eigenvalue weighted by Crippen LogP contribution is 2.20. The molecule has 1 fully saturated rings. The molecule has 2 atom stereocenters. The van der Waals surface area contributed by atoms with E-state index in [9.17, 15) is 0 Å². The van der Waals surface area contributed by atoms with Gasteiger partial charge in [-0.25, -0.2) is 4.98 Å². The Morgan fingerprint density at radius 2 is 2.30 bits per heavy atom. The predicted octanol–water partition coefficient (Wildman–Crippen LogP) is 2.37. The Kier molecular flexibility index (Phi) is 5.80. The summed E-state index contributed by atoms with van der Waals surface area (Å²) in [6.45, 7) is 7.00. The second-order valence-corrected chi connectivity index (χ2v) is 5.56. The fourth-order valence-electron chi connectivity index (χ4n) is 2.69. The van der Waals surface area contributed by atoms with Crippen LogP contribution in [0.4, 0.5) is 5.82 Å². The molecule has 0 bridgehead atoms. The van der Waals surface area contributed by atoms with Crippen molar-refractivity contribution in [3.8, 4) is 0 Å². The van der Waals surface area contributed by atoms with Gasteiger partial charge in [0.15, 0.2) is 0 Å². The van der Waals surface area contributed by atoms with Crippen LogP contribution in [0.2, 0.25) is 0 Å². The van der Waals surface area contributed by atoms with E-state index in [0.29, 0.717) is 6.10 Å². The van der Waals surface area contributed by atoms with Gasteiger partial charge in [0.2, 0.25) is 0 Å². The maximum atomic E-state index is 5.98. The van der Waals surface area contributed by atoms with Gasteiger partial charge in [-0.05, 0) is 44.2 Å². The van der Waals surface area contributed by atoms with Crippen molar-refractivity contribution in [3.63, 3.8) is 0 Å². The number of aromatic nitrogens is 1. The Labute approximate surface area is 122 Å². The lowest BCUT2D eigenvalue weighted by atomic mass is 10.1. The van der Waals surface area contributed by atoms with Gasteiger partial charge in [0.05, 0.1) is 6.10 Å². The molecule has 4 nitrogen and oxygen atoms in total. The summed E-state index contributed by atoms with van der Waals surface area (Å²) in [5, 5.41) is 0. The van der Waals surface area contributed by atoms with Crippen LogP contribution in [-0.2, 0) is 11.2 Å². The maximum absolute atomic E-state index is 5.98. The van der Waals surface area contributed by atoms with E-state index >= 15 is 0 Å². The van der Waals surface area contributed by atoms with Crippen molar-refractivity contribution >= 4 is 5.82 Å². The fourth-order valence-corrected chi connectivity index (χ4v) is 2.69. The van der Waals surface area contributed by atoms with Crippen molar-refractivity contribution in [2.45, 2.75) is 51.7 Å². The molecule has 4 heteroatoms. The second-order valence-electron chi connectivity index (χ2n) is 5.56. The molecular formula is C16H27N3O. The van der Waals surface area contributed by atoms with Gasteiger partial charge < -0.3 is 15.4 Å². The van der Waals surface area contributed by atoms with Crippen LogP contribution in [0.15, 0.2) is 18.3 Å². The van der Waals surface area contributed by atoms with Gasteiger partial charge in [0.25, 0.3) is 0 Å². The van der Waals surface area contributed by atoms with Gasteiger partial charge in [-0.1, -0.05) is 13.0 Å². The topological polar surface area (TPSA) is 51.4 Å². The van der Waals surface area contributed by atoms with Crippen LogP contribution in [0.1, 0.15) is 38.7 Å². The van der Waals surface area contributed by atoms with Crippen LogP contribution in [0.5, 0.6) is 0 Å². The number of rotatable bonds is 6. The number of ether oxygens (including phenoxy) is 1. The number of hydrogen-bond acceptors (Lipinski definition) is 4. The van der Waals surface area contributed by atoms with Crippen molar-refractivity contribution in [2.75, 3.05) is 24.6 Å². The minimum absolute atomic E-state index is 0.236. The van der Waals surface area contributed by atoms with Gasteiger partial charge in [0.1, 0.15) is 5.82 Å². The average Bonchev–Trinajstić information content (AvgIpc) is 2.48. The standard InChI is InChI=1S/C16H27N3O/c1-3-14(17)10-13-7-8-16(18-11-13)19-9-5-6-15(12-19)20-4-2/h7-8,11,14-15H,3-6,9-10,12,17H2,1-2H3. The van der Waals surface area contributed by atoms with Crippen LogP contribution in [0, 0.1) is 0 Å². The summed E-state index contributed by atoms with van der Waals surface area (Å²) in [7, 11) is 0. The van der Waals surface area contributed by atoms with Crippen molar-refractivity contribution in [2.24, 2.45) is 5.73 Å². The molecule has 1 aliphatic heterocycles. The smallest absolute Gasteiger partial charge is 0.128 e. The summed E-state index contributed by atoms with van der Waals surface area (Å²) in [4.78, 5) is 6.93. The third-order valence-corrected chi connectivity index (χ3v) is 3.94. The van der Waals surface area contributed by atoms with Crippen LogP contribution >= 0.6 is 0 Å². The molecule has 0 radical (unpaired) electrons. The van der Waals surface area contributed by atoms with Crippen LogP contribution < -0.4 is 10.6 Å². The molecule has 2 rings (SSSR count). The summed E-state index contributed by atoms with van der Waals surface area (Å²) in [6.07, 6.45) is 6.57. The summed E-state index contributed by atoms with van der Waals surface area (Å²) in [6, 6.07) is 4.51. The lowest BCUT2D eigenvalue weighted by Crippen LogP contribution is -2.40. The van der Waals surface area contributed by atoms with Gasteiger partial charge in [0, 0.05) is 31.9 Å². The first-order chi connectivity index (χ1) is 9.72. The second kappa shape index (κ2) is 7.60. The fraction of sp³-hybridized carbons (Fsp3) is 0.688. The lowest BCUT2D eigenvalue weighted by Gasteiger charge is -2.33. The van der Waals surface area contributed by atoms with E-state index in [4.69, 9.17) is 10.5 Å². The van der Waals surface area contributed by atoms with Crippen LogP contribution in [-0.4, -0.2) is 36.8 Å². The highest BCUT2D eigenvalue weighted by atomic mass is 16.5. The number of piperidine rings is 1. The molecule has 0 aromatic carbocycles. The molecule has 1 saturated heterocycles. The molecule has 112 valence electrons. The Bertz CT molecular complexity index is 391. The van der Waals surface area contributed by atoms with E-state index < -0.39 is 0 Å². The highest BCUT2D eigenvalue weighted by molar-refractivity contribution is 5.40. The SMILES string of the molecule is CCOC1CCCN(c2ccc(CC(N)CC)cn2)C1. The zero-order valence-electron chi connectivity index (χ0n) is 12.7. The van der Waals surface area contributed by atoms with E-state index in [2.05, 4.69) is 35.9 Å². The number of hydrogen-bond donors (Lipinski definition) is 1. The summed E-state index contributed by atoms with van der Waals surface area (Å²) >= 11 is 0. The molecule has 2 N–H and O–H groups in total. The summed E-state index contributed by atoms with van der Waals surface area (Å²) < 4.78 is 5.74. The minimum Gasteiger partial charge on any atom is -0.377 e. The Hall–Kier alpha value is -1.13. The van der Waals surface area contributed by atoms with E-state index in [-0.39, 0.29) is 6.04 Å². The van der Waals surface area contributed by atoms with Gasteiger partial charge in [-0.3, -0.25) is 0 Å². The van der Waals surface area contributed by atoms with Crippen molar-refractivity contribution in [1.29, 1.82) is 0 Å². The molecule has 0 saturated carbocycles. The number of anilines is 1. The number of nitrogens with zero attached hydrogens (tertiary/aromatic N) is 2. The first-order valence-corrected chi connectivity index (χ1v) is 7.80. The van der Waals surface area contributed by atoms with E-state index in [1.54, 1.807) is 0 Å². The molecular weight excluding hydrogens is 250 g/mol. The zero-order chi connectivity index (χ0) is 14.4. The van der Waals surface area contributed by atoms with Crippen molar-refractivity contribution < 1.29 is 4.74 Å². The van der Waals surface area contributed by atoms with Crippen molar-refractivity contribution in [1.82, 2.24) is 4.98 Å². The van der Waals surface area contributed by atoms with Crippen LogP contribution in [0.3, 0.4) is 0 Å². The average molecular weight is 277 g/mol. The maximum Gasteiger partial charge on any atom is 0.128 e. The molecule has 1 aromatic heterocycles. The first kappa shape index (κ1) is 15.3. The largest absolute Gasteiger partial charge is 0.377 e. The summed E-state index contributed by atoms with van der Waals surface area (Å²) in [5.41, 5.74) is 7.21. The molecule has 0 aliphatic carbocycles. The summed E-state index contributed by atoms with van der Waals surface area (Å²) in [5.74, 6) is 1.06. The van der Waals surface area contributed by atoms with E-state index in [1.165, 1.54) is 12.0 Å². The molecule has 1 aromatic rings. The quantitative estimate of drug-likeness (QED) is 0.867. The van der Waals surface area contributed by atoms with Gasteiger partial charge in [-0.2, -0.15) is 0 Å². The first-order valence-electron chi connectivity index (χ1n) is 7.80. The monoisotopic (exact) mass is 277 g/mol. The lowest BCUT2D eigenvalue weighted by molar-refractivity contribution is 0.0525. The third kappa shape index (κ3) is 4.18. The molecule has 1 aliphatic rings. The van der Waals surface area contributed by atoms with Crippen molar-refractivity contribution in [3.05, 3.63) is 23.9 Å². The molecule has 20 heavy (non-hydrogen) atoms. The molecule has 0 amide bonds. The number of nitrogens with two attached hydrogens (primary N) is 1. The molecule has 2 heterocycles. The van der Waals surface area contributed by atoms with Gasteiger partial charge >= 0.3 is 0 Å². The highest BCUT2D eigenvalue weighted by Gasteiger charge is 2.20. The van der Waals surface area contributed by atoms with Gasteiger partial charge in [-0.15, -0.1) is 0 Å². The minimum atomic E-state index is 0.236.